The smallest absolute Gasteiger partial charge is 0.183 e. The molecule has 0 saturated heterocycles. The first kappa shape index (κ1) is 21.8. The van der Waals surface area contributed by atoms with Crippen molar-refractivity contribution < 1.29 is 14.6 Å². The van der Waals surface area contributed by atoms with Crippen LogP contribution in [0.25, 0.3) is 11.3 Å². The number of benzene rings is 2. The molecule has 0 atom stereocenters. The second-order valence-corrected chi connectivity index (χ2v) is 8.32. The number of ketones is 1. The first-order chi connectivity index (χ1) is 14.6. The Hall–Kier alpha value is -2.86. The van der Waals surface area contributed by atoms with Gasteiger partial charge in [-0.2, -0.15) is 0 Å². The minimum Gasteiger partial charge on any atom is -0.507 e. The van der Waals surface area contributed by atoms with Crippen molar-refractivity contribution in [2.24, 2.45) is 0 Å². The monoisotopic (exact) mass is 424 g/mol. The molecule has 5 nitrogen and oxygen atoms in total. The number of para-hydroxylation sites is 2. The van der Waals surface area contributed by atoms with Gasteiger partial charge in [-0.15, -0.1) is 11.3 Å². The molecule has 0 spiro atoms. The summed E-state index contributed by atoms with van der Waals surface area (Å²) < 4.78 is 5.51. The molecule has 2 N–H and O–H groups in total. The zero-order valence-corrected chi connectivity index (χ0v) is 18.3. The maximum Gasteiger partial charge on any atom is 0.183 e. The van der Waals surface area contributed by atoms with Crippen LogP contribution >= 0.6 is 11.3 Å². The average molecular weight is 425 g/mol. The number of carbonyl (C=O) groups is 1. The molecule has 2 aromatic carbocycles. The van der Waals surface area contributed by atoms with Gasteiger partial charge in [-0.1, -0.05) is 36.8 Å². The number of thiazole rings is 1. The summed E-state index contributed by atoms with van der Waals surface area (Å²) in [4.78, 5) is 16.9. The van der Waals surface area contributed by atoms with Gasteiger partial charge in [0.15, 0.2) is 5.13 Å². The van der Waals surface area contributed by atoms with E-state index in [2.05, 4.69) is 11.4 Å². The fourth-order valence-electron chi connectivity index (χ4n) is 3.32. The molecule has 0 saturated carbocycles. The summed E-state index contributed by atoms with van der Waals surface area (Å²) in [6.45, 7) is 2.44. The third-order valence-electron chi connectivity index (χ3n) is 4.88. The van der Waals surface area contributed by atoms with Crippen LogP contribution < -0.4 is 10.1 Å². The molecule has 6 heteroatoms. The van der Waals surface area contributed by atoms with E-state index in [1.807, 2.05) is 36.4 Å². The van der Waals surface area contributed by atoms with Gasteiger partial charge in [0.05, 0.1) is 12.8 Å². The second kappa shape index (κ2) is 10.8. The number of phenols is 1. The Labute approximate surface area is 181 Å². The van der Waals surface area contributed by atoms with E-state index in [9.17, 15) is 9.90 Å². The van der Waals surface area contributed by atoms with Gasteiger partial charge in [0.1, 0.15) is 17.3 Å². The number of carbonyl (C=O) groups excluding carboxylic acids is 1. The summed E-state index contributed by atoms with van der Waals surface area (Å²) in [5.41, 5.74) is 2.60. The van der Waals surface area contributed by atoms with E-state index in [1.54, 1.807) is 31.4 Å². The summed E-state index contributed by atoms with van der Waals surface area (Å²) >= 11 is 1.60. The molecule has 0 aliphatic carbocycles. The first-order valence-electron chi connectivity index (χ1n) is 10.2. The number of phenolic OH excluding ortho intramolecular Hbond substituents is 1. The number of aromatic hydroxyl groups is 1. The van der Waals surface area contributed by atoms with Crippen LogP contribution in [-0.2, 0) is 11.2 Å². The van der Waals surface area contributed by atoms with Gasteiger partial charge in [0.25, 0.3) is 0 Å². The van der Waals surface area contributed by atoms with Crippen molar-refractivity contribution in [1.29, 1.82) is 0 Å². The number of hydrogen-bond donors (Lipinski definition) is 2. The van der Waals surface area contributed by atoms with Crippen LogP contribution in [0.4, 0.5) is 5.13 Å². The number of aromatic nitrogens is 1. The molecule has 1 aromatic heterocycles. The minimum absolute atomic E-state index is 0.222. The fourth-order valence-corrected chi connectivity index (χ4v) is 4.35. The molecule has 0 aliphatic rings. The first-order valence-corrected chi connectivity index (χ1v) is 11.0. The third-order valence-corrected chi connectivity index (χ3v) is 5.89. The fraction of sp³-hybridized carbons (Fsp3) is 0.333. The van der Waals surface area contributed by atoms with Crippen LogP contribution in [0.5, 0.6) is 11.5 Å². The topological polar surface area (TPSA) is 71.5 Å². The number of methoxy groups -OCH3 is 1. The van der Waals surface area contributed by atoms with Crippen molar-refractivity contribution >= 4 is 22.3 Å². The van der Waals surface area contributed by atoms with Crippen molar-refractivity contribution in [3.63, 3.8) is 0 Å². The average Bonchev–Trinajstić information content (AvgIpc) is 3.13. The molecular formula is C24H28N2O3S. The normalized spacial score (nSPS) is 10.7. The molecule has 0 bridgehead atoms. The summed E-state index contributed by atoms with van der Waals surface area (Å²) in [6.07, 6.45) is 4.25. The lowest BCUT2D eigenvalue weighted by Gasteiger charge is -2.08. The predicted octanol–water partition coefficient (Wildman–Crippen LogP) is 5.68. The van der Waals surface area contributed by atoms with Crippen LogP contribution in [0, 0.1) is 0 Å². The van der Waals surface area contributed by atoms with Crippen LogP contribution in [0.3, 0.4) is 0 Å². The van der Waals surface area contributed by atoms with Crippen LogP contribution in [0.1, 0.15) is 43.0 Å². The zero-order valence-electron chi connectivity index (χ0n) is 17.5. The van der Waals surface area contributed by atoms with Gasteiger partial charge in [-0.05, 0) is 43.5 Å². The van der Waals surface area contributed by atoms with Gasteiger partial charge in [0.2, 0.25) is 0 Å². The summed E-state index contributed by atoms with van der Waals surface area (Å²) in [6, 6.07) is 15.3. The molecule has 0 amide bonds. The van der Waals surface area contributed by atoms with Crippen molar-refractivity contribution in [3.8, 4) is 22.8 Å². The minimum atomic E-state index is 0.222. The summed E-state index contributed by atoms with van der Waals surface area (Å²) in [7, 11) is 1.68. The number of Topliss-reactive ketones (excluding diaryl/α,β-unsaturated/α-hetero) is 1. The Morgan fingerprint density at radius 1 is 1.10 bits per heavy atom. The molecule has 3 aromatic rings. The highest BCUT2D eigenvalue weighted by atomic mass is 32.1. The van der Waals surface area contributed by atoms with Crippen LogP contribution in [-0.4, -0.2) is 29.5 Å². The SMILES string of the molecule is COc1ccccc1Cc1sc(NCCCCCC(C)=O)nc1-c1ccccc1O. The Morgan fingerprint density at radius 2 is 1.87 bits per heavy atom. The number of anilines is 1. The standard InChI is InChI=1S/C24H28N2O3S/c1-17(27)10-4-3-9-15-25-24-26-23(19-12-6-7-13-20(19)28)22(30-24)16-18-11-5-8-14-21(18)29-2/h5-8,11-14,28H,3-4,9-10,15-16H2,1-2H3,(H,25,26). The maximum atomic E-state index is 11.0. The molecule has 1 heterocycles. The highest BCUT2D eigenvalue weighted by Crippen LogP contribution is 2.38. The maximum absolute atomic E-state index is 11.0. The molecule has 0 unspecified atom stereocenters. The number of nitrogens with zero attached hydrogens (tertiary/aromatic N) is 1. The van der Waals surface area contributed by atoms with Gasteiger partial charge in [-0.3, -0.25) is 0 Å². The van der Waals surface area contributed by atoms with Crippen molar-refractivity contribution in [1.82, 2.24) is 4.98 Å². The Kier molecular flexibility index (Phi) is 7.85. The lowest BCUT2D eigenvalue weighted by Crippen LogP contribution is -2.01. The highest BCUT2D eigenvalue weighted by Gasteiger charge is 2.17. The summed E-state index contributed by atoms with van der Waals surface area (Å²) in [5, 5.41) is 14.6. The van der Waals surface area contributed by atoms with Crippen molar-refractivity contribution in [2.75, 3.05) is 19.0 Å². The van der Waals surface area contributed by atoms with Crippen molar-refractivity contribution in [3.05, 3.63) is 59.0 Å². The largest absolute Gasteiger partial charge is 0.507 e. The second-order valence-electron chi connectivity index (χ2n) is 7.24. The number of nitrogens with one attached hydrogen (secondary N) is 1. The molecule has 0 aliphatic heterocycles. The molecule has 0 fully saturated rings. The van der Waals surface area contributed by atoms with E-state index in [1.165, 1.54) is 0 Å². The molecular weight excluding hydrogens is 396 g/mol. The lowest BCUT2D eigenvalue weighted by molar-refractivity contribution is -0.117. The Morgan fingerprint density at radius 3 is 2.63 bits per heavy atom. The quantitative estimate of drug-likeness (QED) is 0.388. The number of rotatable bonds is 11. The number of ether oxygens (including phenoxy) is 1. The molecule has 30 heavy (non-hydrogen) atoms. The van der Waals surface area contributed by atoms with Gasteiger partial charge < -0.3 is 20.0 Å². The van der Waals surface area contributed by atoms with E-state index in [0.29, 0.717) is 12.8 Å². The van der Waals surface area contributed by atoms with E-state index in [4.69, 9.17) is 9.72 Å². The van der Waals surface area contributed by atoms with E-state index < -0.39 is 0 Å². The van der Waals surface area contributed by atoms with E-state index in [0.717, 1.165) is 58.4 Å². The number of unbranched alkanes of at least 4 members (excludes halogenated alkanes) is 2. The summed E-state index contributed by atoms with van der Waals surface area (Å²) in [5.74, 6) is 1.31. The van der Waals surface area contributed by atoms with Crippen molar-refractivity contribution in [2.45, 2.75) is 39.0 Å². The number of hydrogen-bond acceptors (Lipinski definition) is 6. The molecule has 0 radical (unpaired) electrons. The van der Waals surface area contributed by atoms with Gasteiger partial charge in [-0.25, -0.2) is 4.98 Å². The molecule has 158 valence electrons. The van der Waals surface area contributed by atoms with Gasteiger partial charge in [0, 0.05) is 29.8 Å². The van der Waals surface area contributed by atoms with E-state index >= 15 is 0 Å². The predicted molar refractivity (Wildman–Crippen MR) is 123 cm³/mol. The Balaban J connectivity index is 1.78. The highest BCUT2D eigenvalue weighted by molar-refractivity contribution is 7.16. The van der Waals surface area contributed by atoms with Crippen LogP contribution in [0.2, 0.25) is 0 Å². The zero-order chi connectivity index (χ0) is 21.3. The Bertz CT molecular complexity index is 984. The third kappa shape index (κ3) is 5.83. The molecule has 3 rings (SSSR count). The van der Waals surface area contributed by atoms with Gasteiger partial charge >= 0.3 is 0 Å². The van der Waals surface area contributed by atoms with E-state index in [-0.39, 0.29) is 11.5 Å². The van der Waals surface area contributed by atoms with Crippen LogP contribution in [0.15, 0.2) is 48.5 Å². The lowest BCUT2D eigenvalue weighted by atomic mass is 10.0.